The maximum atomic E-state index is 11.5. The van der Waals surface area contributed by atoms with Gasteiger partial charge in [0.15, 0.2) is 0 Å². The molecular formula is C11H10N2O2. The van der Waals surface area contributed by atoms with Gasteiger partial charge in [0.2, 0.25) is 0 Å². The Balaban J connectivity index is 2.46. The highest BCUT2D eigenvalue weighted by molar-refractivity contribution is 5.40. The Morgan fingerprint density at radius 1 is 1.07 bits per heavy atom. The van der Waals surface area contributed by atoms with E-state index in [2.05, 4.69) is 0 Å². The zero-order chi connectivity index (χ0) is 10.7. The van der Waals surface area contributed by atoms with Crippen LogP contribution in [0, 0.1) is 5.21 Å². The Kier molecular flexibility index (Phi) is 2.62. The molecule has 0 unspecified atom stereocenters. The molecule has 0 bridgehead atoms. The summed E-state index contributed by atoms with van der Waals surface area (Å²) in [6.45, 7) is 0. The van der Waals surface area contributed by atoms with Crippen molar-refractivity contribution in [2.75, 3.05) is 0 Å². The van der Waals surface area contributed by atoms with Gasteiger partial charge in [-0.3, -0.25) is 9.36 Å². The molecule has 0 radical (unpaired) electrons. The molecule has 0 atom stereocenters. The number of hydrogen-bond acceptors (Lipinski definition) is 2. The van der Waals surface area contributed by atoms with Crippen LogP contribution in [-0.2, 0) is 0 Å². The van der Waals surface area contributed by atoms with Crippen LogP contribution in [0.25, 0.3) is 5.69 Å². The zero-order valence-corrected chi connectivity index (χ0v) is 7.96. The first-order valence-corrected chi connectivity index (χ1v) is 4.54. The van der Waals surface area contributed by atoms with E-state index in [0.717, 1.165) is 11.2 Å². The quantitative estimate of drug-likeness (QED) is 0.570. The summed E-state index contributed by atoms with van der Waals surface area (Å²) in [6, 6.07) is 11.8. The first-order chi connectivity index (χ1) is 7.31. The topological polar surface area (TPSA) is 61.7 Å². The van der Waals surface area contributed by atoms with Gasteiger partial charge in [0.25, 0.3) is 5.56 Å². The van der Waals surface area contributed by atoms with E-state index >= 15 is 0 Å². The number of quaternary nitrogens is 1. The average Bonchev–Trinajstić information content (AvgIpc) is 2.30. The number of aromatic nitrogens is 1. The lowest BCUT2D eigenvalue weighted by Crippen LogP contribution is -2.70. The van der Waals surface area contributed by atoms with Crippen molar-refractivity contribution in [2.45, 2.75) is 0 Å². The standard InChI is InChI=1S/C11H10N2O2/c14-11-3-1-2-8-13(11)10-6-4-9(12-15)5-7-10/h1-8H,12H2. The first-order valence-electron chi connectivity index (χ1n) is 4.54. The van der Waals surface area contributed by atoms with Gasteiger partial charge >= 0.3 is 0 Å². The van der Waals surface area contributed by atoms with Crippen LogP contribution in [0.1, 0.15) is 0 Å². The summed E-state index contributed by atoms with van der Waals surface area (Å²) < 4.78 is 1.52. The van der Waals surface area contributed by atoms with E-state index in [1.807, 2.05) is 0 Å². The van der Waals surface area contributed by atoms with E-state index in [9.17, 15) is 10.0 Å². The van der Waals surface area contributed by atoms with E-state index in [4.69, 9.17) is 0 Å². The molecule has 0 fully saturated rings. The summed E-state index contributed by atoms with van der Waals surface area (Å²) in [6.07, 6.45) is 1.69. The van der Waals surface area contributed by atoms with Crippen LogP contribution in [0.4, 0.5) is 5.69 Å². The van der Waals surface area contributed by atoms with Gasteiger partial charge in [-0.2, -0.15) is 0 Å². The smallest absolute Gasteiger partial charge is 0.255 e. The molecule has 0 aliphatic rings. The molecule has 1 aromatic carbocycles. The molecule has 0 aliphatic heterocycles. The lowest BCUT2D eigenvalue weighted by molar-refractivity contribution is -0.497. The Labute approximate surface area is 86.4 Å². The lowest BCUT2D eigenvalue weighted by atomic mass is 10.3. The van der Waals surface area contributed by atoms with Crippen molar-refractivity contribution >= 4 is 5.69 Å². The minimum absolute atomic E-state index is 0.0867. The molecule has 0 saturated heterocycles. The largest absolute Gasteiger partial charge is 0.630 e. The summed E-state index contributed by atoms with van der Waals surface area (Å²) in [5.41, 5.74) is 2.04. The molecule has 0 amide bonds. The van der Waals surface area contributed by atoms with Gasteiger partial charge in [-0.1, -0.05) is 6.07 Å². The zero-order valence-electron chi connectivity index (χ0n) is 7.96. The van der Waals surface area contributed by atoms with Crippen molar-refractivity contribution < 1.29 is 5.48 Å². The Hall–Kier alpha value is -1.91. The van der Waals surface area contributed by atoms with Gasteiger partial charge in [-0.25, -0.2) is 0 Å². The minimum Gasteiger partial charge on any atom is -0.630 e. The Morgan fingerprint density at radius 3 is 2.40 bits per heavy atom. The van der Waals surface area contributed by atoms with Crippen molar-refractivity contribution in [3.05, 3.63) is 64.2 Å². The molecule has 76 valence electrons. The van der Waals surface area contributed by atoms with Crippen LogP contribution in [0.3, 0.4) is 0 Å². The molecule has 2 N–H and O–H groups in total. The SMILES string of the molecule is O=c1ccccn1-c1ccc([NH2+][O-])cc1. The molecule has 15 heavy (non-hydrogen) atoms. The highest BCUT2D eigenvalue weighted by atomic mass is 16.5. The molecule has 4 nitrogen and oxygen atoms in total. The third-order valence-electron chi connectivity index (χ3n) is 2.13. The minimum atomic E-state index is -0.0867. The number of nitrogens with two attached hydrogens (primary N) is 1. The first kappa shape index (κ1) is 9.64. The fourth-order valence-corrected chi connectivity index (χ4v) is 1.35. The number of nitrogens with zero attached hydrogens (tertiary/aromatic N) is 1. The van der Waals surface area contributed by atoms with Gasteiger partial charge in [0.05, 0.1) is 0 Å². The van der Waals surface area contributed by atoms with Gasteiger partial charge in [-0.05, 0) is 18.2 Å². The van der Waals surface area contributed by atoms with Crippen molar-refractivity contribution in [1.29, 1.82) is 0 Å². The summed E-state index contributed by atoms with van der Waals surface area (Å²) >= 11 is 0. The molecule has 1 heterocycles. The van der Waals surface area contributed by atoms with Gasteiger partial charge in [-0.15, -0.1) is 0 Å². The van der Waals surface area contributed by atoms with Crippen LogP contribution < -0.4 is 11.0 Å². The predicted octanol–water partition coefficient (Wildman–Crippen LogP) is 0.530. The van der Waals surface area contributed by atoms with E-state index in [0.29, 0.717) is 5.69 Å². The molecule has 4 heteroatoms. The molecule has 1 aromatic heterocycles. The molecule has 0 saturated carbocycles. The number of pyridine rings is 1. The molecule has 2 rings (SSSR count). The Bertz CT molecular complexity index is 502. The van der Waals surface area contributed by atoms with Crippen molar-refractivity contribution in [3.8, 4) is 5.69 Å². The number of hydrogen-bond donors (Lipinski definition) is 1. The van der Waals surface area contributed by atoms with E-state index in [1.165, 1.54) is 10.6 Å². The van der Waals surface area contributed by atoms with Gasteiger partial charge in [0.1, 0.15) is 5.69 Å². The summed E-state index contributed by atoms with van der Waals surface area (Å²) in [5.74, 6) is 0. The lowest BCUT2D eigenvalue weighted by Gasteiger charge is -2.05. The molecule has 2 aromatic rings. The summed E-state index contributed by atoms with van der Waals surface area (Å²) in [5, 5.41) is 10.5. The van der Waals surface area contributed by atoms with E-state index in [1.54, 1.807) is 42.6 Å². The maximum absolute atomic E-state index is 11.5. The fraction of sp³-hybridized carbons (Fsp3) is 0. The third kappa shape index (κ3) is 1.96. The fourth-order valence-electron chi connectivity index (χ4n) is 1.35. The maximum Gasteiger partial charge on any atom is 0.255 e. The average molecular weight is 202 g/mol. The van der Waals surface area contributed by atoms with Gasteiger partial charge < -0.3 is 10.7 Å². The highest BCUT2D eigenvalue weighted by Crippen LogP contribution is 2.07. The van der Waals surface area contributed by atoms with Crippen molar-refractivity contribution in [1.82, 2.24) is 4.57 Å². The molecule has 0 aliphatic carbocycles. The van der Waals surface area contributed by atoms with Crippen LogP contribution in [0.5, 0.6) is 0 Å². The summed E-state index contributed by atoms with van der Waals surface area (Å²) in [7, 11) is 0. The van der Waals surface area contributed by atoms with Crippen LogP contribution in [-0.4, -0.2) is 4.57 Å². The molecule has 0 spiro atoms. The van der Waals surface area contributed by atoms with Crippen LogP contribution >= 0.6 is 0 Å². The second-order valence-electron chi connectivity index (χ2n) is 3.12. The third-order valence-corrected chi connectivity index (χ3v) is 2.13. The second kappa shape index (κ2) is 4.08. The monoisotopic (exact) mass is 202 g/mol. The predicted molar refractivity (Wildman–Crippen MR) is 57.0 cm³/mol. The van der Waals surface area contributed by atoms with E-state index in [-0.39, 0.29) is 5.56 Å². The highest BCUT2D eigenvalue weighted by Gasteiger charge is 1.98. The van der Waals surface area contributed by atoms with Gasteiger partial charge in [0, 0.05) is 30.1 Å². The number of benzene rings is 1. The molecular weight excluding hydrogens is 192 g/mol. The van der Waals surface area contributed by atoms with Crippen LogP contribution in [0.15, 0.2) is 53.5 Å². The second-order valence-corrected chi connectivity index (χ2v) is 3.12. The van der Waals surface area contributed by atoms with Crippen molar-refractivity contribution in [2.24, 2.45) is 0 Å². The Morgan fingerprint density at radius 2 is 1.80 bits per heavy atom. The number of rotatable bonds is 2. The van der Waals surface area contributed by atoms with Crippen molar-refractivity contribution in [3.63, 3.8) is 0 Å². The summed E-state index contributed by atoms with van der Waals surface area (Å²) in [4.78, 5) is 11.5. The normalized spacial score (nSPS) is 10.2. The van der Waals surface area contributed by atoms with E-state index < -0.39 is 0 Å². The van der Waals surface area contributed by atoms with Crippen LogP contribution in [0.2, 0.25) is 0 Å².